The van der Waals surface area contributed by atoms with Crippen molar-refractivity contribution in [3.63, 3.8) is 0 Å². The number of H-pyrrole nitrogens is 1. The minimum absolute atomic E-state index is 0.184. The number of piperazine rings is 1. The number of halogens is 3. The van der Waals surface area contributed by atoms with Crippen molar-refractivity contribution in [3.8, 4) is 0 Å². The molecule has 1 saturated heterocycles. The summed E-state index contributed by atoms with van der Waals surface area (Å²) >= 11 is 0. The first-order chi connectivity index (χ1) is 19.5. The van der Waals surface area contributed by atoms with Crippen LogP contribution in [0.25, 0.3) is 0 Å². The monoisotopic (exact) mass is 598 g/mol. The largest absolute Gasteiger partial charge is 0.478 e. The van der Waals surface area contributed by atoms with Gasteiger partial charge >= 0.3 is 23.8 Å². The van der Waals surface area contributed by atoms with Gasteiger partial charge in [-0.3, -0.25) is 14.7 Å². The van der Waals surface area contributed by atoms with Crippen molar-refractivity contribution < 1.29 is 33.0 Å². The molecule has 3 N–H and O–H groups in total. The number of aryl methyl sites for hydroxylation is 2. The third-order valence-electron chi connectivity index (χ3n) is 6.33. The van der Waals surface area contributed by atoms with E-state index in [1.54, 1.807) is 31.5 Å². The average Bonchev–Trinajstić information content (AvgIpc) is 2.90. The predicted molar refractivity (Wildman–Crippen MR) is 149 cm³/mol. The first-order valence-corrected chi connectivity index (χ1v) is 13.4. The Balaban J connectivity index is 0.000000675. The molecule has 15 heteroatoms. The summed E-state index contributed by atoms with van der Waals surface area (Å²) in [5.41, 5.74) is -1.64. The molecule has 42 heavy (non-hydrogen) atoms. The van der Waals surface area contributed by atoms with Crippen LogP contribution in [0.3, 0.4) is 0 Å². The van der Waals surface area contributed by atoms with Crippen LogP contribution in [0.2, 0.25) is 0 Å². The summed E-state index contributed by atoms with van der Waals surface area (Å²) in [5, 5.41) is 15.6. The molecule has 0 atom stereocenters. The van der Waals surface area contributed by atoms with Crippen LogP contribution in [-0.4, -0.2) is 79.3 Å². The van der Waals surface area contributed by atoms with E-state index in [1.165, 1.54) is 0 Å². The number of carboxylic acids is 2. The van der Waals surface area contributed by atoms with E-state index in [1.807, 2.05) is 11.8 Å². The minimum Gasteiger partial charge on any atom is -0.478 e. The zero-order valence-electron chi connectivity index (χ0n) is 24.1. The Morgan fingerprint density at radius 1 is 0.976 bits per heavy atom. The normalized spacial score (nSPS) is 14.5. The maximum atomic E-state index is 13.4. The predicted octanol–water partition coefficient (Wildman–Crippen LogP) is 2.52. The van der Waals surface area contributed by atoms with Crippen LogP contribution in [0, 0.1) is 0 Å². The number of anilines is 1. The molecule has 2 aromatic heterocycles. The van der Waals surface area contributed by atoms with Gasteiger partial charge in [-0.25, -0.2) is 24.4 Å². The molecular formula is C27H37F3N6O6. The van der Waals surface area contributed by atoms with Crippen LogP contribution >= 0.6 is 0 Å². The van der Waals surface area contributed by atoms with Gasteiger partial charge in [0.05, 0.1) is 0 Å². The topological polar surface area (TPSA) is 162 Å². The average molecular weight is 599 g/mol. The standard InChI is InChI=1S/C23H33F3N6O2.C4H4O4/c1-5-16-15-32(21(34)29-19(16)33)9-7-6-8-30-10-12-31(13-11-30)18-14-17(23(24,25)26)27-20(28-18)22(2,3)4;5-3(6)1-2-4(7)8/h14-15H,5-13H2,1-4H3,(H,29,33,34);1-2H,(H,5,6)(H,7,8)/b;2-1+. The lowest BCUT2D eigenvalue weighted by molar-refractivity contribution is -0.141. The highest BCUT2D eigenvalue weighted by Gasteiger charge is 2.36. The summed E-state index contributed by atoms with van der Waals surface area (Å²) in [6.07, 6.45) is 0.435. The minimum atomic E-state index is -4.52. The van der Waals surface area contributed by atoms with Crippen molar-refractivity contribution in [1.82, 2.24) is 24.4 Å². The number of nitrogens with zero attached hydrogens (tertiary/aromatic N) is 5. The highest BCUT2D eigenvalue weighted by Crippen LogP contribution is 2.32. The second kappa shape index (κ2) is 14.8. The Bertz CT molecular complexity index is 1320. The molecule has 3 heterocycles. The fraction of sp³-hybridized carbons (Fsp3) is 0.556. The highest BCUT2D eigenvalue weighted by molar-refractivity contribution is 5.89. The lowest BCUT2D eigenvalue weighted by atomic mass is 9.95. The van der Waals surface area contributed by atoms with Gasteiger partial charge in [-0.1, -0.05) is 27.7 Å². The van der Waals surface area contributed by atoms with Crippen molar-refractivity contribution >= 4 is 17.8 Å². The number of aromatic amines is 1. The Labute approximate surface area is 240 Å². The van der Waals surface area contributed by atoms with Crippen LogP contribution in [0.4, 0.5) is 19.0 Å². The van der Waals surface area contributed by atoms with Gasteiger partial charge in [0, 0.05) is 68.1 Å². The van der Waals surface area contributed by atoms with Crippen molar-refractivity contribution in [1.29, 1.82) is 0 Å². The van der Waals surface area contributed by atoms with Crippen LogP contribution in [-0.2, 0) is 34.1 Å². The molecule has 0 amide bonds. The van der Waals surface area contributed by atoms with Gasteiger partial charge in [0.25, 0.3) is 5.56 Å². The van der Waals surface area contributed by atoms with Crippen molar-refractivity contribution in [2.75, 3.05) is 37.6 Å². The van der Waals surface area contributed by atoms with Crippen molar-refractivity contribution in [3.05, 3.63) is 62.3 Å². The molecule has 0 bridgehead atoms. The zero-order valence-corrected chi connectivity index (χ0v) is 24.1. The number of hydrogen-bond acceptors (Lipinski definition) is 8. The van der Waals surface area contributed by atoms with E-state index in [-0.39, 0.29) is 11.4 Å². The van der Waals surface area contributed by atoms with E-state index < -0.39 is 34.9 Å². The maximum absolute atomic E-state index is 13.4. The number of carboxylic acid groups (broad SMARTS) is 2. The molecule has 0 radical (unpaired) electrons. The van der Waals surface area contributed by atoms with Gasteiger partial charge in [0.2, 0.25) is 0 Å². The lowest BCUT2D eigenvalue weighted by Gasteiger charge is -2.36. The van der Waals surface area contributed by atoms with Crippen molar-refractivity contribution in [2.45, 2.75) is 65.1 Å². The smallest absolute Gasteiger partial charge is 0.433 e. The van der Waals surface area contributed by atoms with E-state index >= 15 is 0 Å². The van der Waals surface area contributed by atoms with Gasteiger partial charge in [-0.15, -0.1) is 0 Å². The third-order valence-corrected chi connectivity index (χ3v) is 6.33. The second-order valence-electron chi connectivity index (χ2n) is 10.7. The van der Waals surface area contributed by atoms with Crippen LogP contribution in [0.1, 0.15) is 57.6 Å². The number of rotatable bonds is 9. The number of carbonyl (C=O) groups is 2. The Hall–Kier alpha value is -4.01. The maximum Gasteiger partial charge on any atom is 0.433 e. The molecule has 12 nitrogen and oxygen atoms in total. The van der Waals surface area contributed by atoms with Crippen LogP contribution in [0.5, 0.6) is 0 Å². The molecule has 0 spiro atoms. The molecule has 3 rings (SSSR count). The van der Waals surface area contributed by atoms with Gasteiger partial charge < -0.3 is 19.7 Å². The zero-order chi connectivity index (χ0) is 31.7. The molecule has 1 aliphatic heterocycles. The Morgan fingerprint density at radius 2 is 1.55 bits per heavy atom. The van der Waals surface area contributed by atoms with Gasteiger partial charge in [0.15, 0.2) is 0 Å². The number of aliphatic carboxylic acids is 2. The first-order valence-electron chi connectivity index (χ1n) is 13.4. The number of nitrogens with one attached hydrogen (secondary N) is 1. The molecule has 232 valence electrons. The first kappa shape index (κ1) is 34.2. The van der Waals surface area contributed by atoms with E-state index in [9.17, 15) is 32.3 Å². The number of alkyl halides is 3. The third kappa shape index (κ3) is 10.8. The molecule has 0 aliphatic carbocycles. The van der Waals surface area contributed by atoms with E-state index in [2.05, 4.69) is 19.9 Å². The fourth-order valence-electron chi connectivity index (χ4n) is 4.01. The molecule has 2 aromatic rings. The summed E-state index contributed by atoms with van der Waals surface area (Å²) in [6.45, 7) is 11.2. The second-order valence-corrected chi connectivity index (χ2v) is 10.7. The van der Waals surface area contributed by atoms with Gasteiger partial charge in [0.1, 0.15) is 17.3 Å². The summed E-state index contributed by atoms with van der Waals surface area (Å²) in [7, 11) is 0. The quantitative estimate of drug-likeness (QED) is 0.289. The lowest BCUT2D eigenvalue weighted by Crippen LogP contribution is -2.47. The van der Waals surface area contributed by atoms with Crippen LogP contribution in [0.15, 0.2) is 34.0 Å². The van der Waals surface area contributed by atoms with Gasteiger partial charge in [-0.05, 0) is 25.8 Å². The molecule has 0 unspecified atom stereocenters. The van der Waals surface area contributed by atoms with Crippen LogP contribution < -0.4 is 16.1 Å². The van der Waals surface area contributed by atoms with E-state index in [0.29, 0.717) is 49.6 Å². The number of aromatic nitrogens is 4. The fourth-order valence-corrected chi connectivity index (χ4v) is 4.01. The summed E-state index contributed by atoms with van der Waals surface area (Å²) in [5.74, 6) is -2.01. The molecule has 0 saturated carbocycles. The number of hydrogen-bond donors (Lipinski definition) is 3. The Kier molecular flexibility index (Phi) is 12.0. The summed E-state index contributed by atoms with van der Waals surface area (Å²) < 4.78 is 41.7. The number of unbranched alkanes of at least 4 members (excludes halogenated alkanes) is 1. The van der Waals surface area contributed by atoms with E-state index in [4.69, 9.17) is 10.2 Å². The summed E-state index contributed by atoms with van der Waals surface area (Å²) in [4.78, 5) is 57.5. The van der Waals surface area contributed by atoms with E-state index in [0.717, 1.165) is 38.5 Å². The van der Waals surface area contributed by atoms with Gasteiger partial charge in [-0.2, -0.15) is 13.2 Å². The molecule has 1 aliphatic rings. The molecular weight excluding hydrogens is 561 g/mol. The highest BCUT2D eigenvalue weighted by atomic mass is 19.4. The van der Waals surface area contributed by atoms with Crippen molar-refractivity contribution in [2.24, 2.45) is 0 Å². The SMILES string of the molecule is CCc1cn(CCCCN2CCN(c3cc(C(F)(F)F)nc(C(C)(C)C)n3)CC2)c(=O)[nH]c1=O.O=C(O)/C=C/C(=O)O. The Morgan fingerprint density at radius 3 is 2.05 bits per heavy atom. The summed E-state index contributed by atoms with van der Waals surface area (Å²) in [6, 6.07) is 1.04. The molecule has 0 aromatic carbocycles. The molecule has 1 fully saturated rings.